The highest BCUT2D eigenvalue weighted by atomic mass is 32.2. The summed E-state index contributed by atoms with van der Waals surface area (Å²) >= 11 is 0. The molecule has 1 aromatic rings. The van der Waals surface area contributed by atoms with Crippen molar-refractivity contribution in [3.05, 3.63) is 23.8 Å². The van der Waals surface area contributed by atoms with E-state index in [0.29, 0.717) is 0 Å². The minimum Gasteiger partial charge on any atom is -0.507 e. The zero-order valence-corrected chi connectivity index (χ0v) is 13.1. The average molecular weight is 317 g/mol. The Kier molecular flexibility index (Phi) is 4.98. The lowest BCUT2D eigenvalue weighted by atomic mass is 10.1. The van der Waals surface area contributed by atoms with Gasteiger partial charge in [-0.3, -0.25) is 0 Å². The molecule has 0 aliphatic heterocycles. The number of methoxy groups -OCH3 is 1. The smallest absolute Gasteiger partial charge is 0.341 e. The Morgan fingerprint density at radius 3 is 2.43 bits per heavy atom. The van der Waals surface area contributed by atoms with Crippen LogP contribution >= 0.6 is 0 Å². The van der Waals surface area contributed by atoms with Gasteiger partial charge in [0.1, 0.15) is 11.3 Å². The Bertz CT molecular complexity index is 638. The SMILES string of the molecule is COC(=O)c1cc(S(=O)(=O)N(C)C(C)(C)CO)ccc1O. The minimum absolute atomic E-state index is 0.176. The summed E-state index contributed by atoms with van der Waals surface area (Å²) < 4.78 is 30.5. The molecule has 2 N–H and O–H groups in total. The number of aliphatic hydroxyl groups is 1. The molecular formula is C13H19NO6S. The molecule has 0 fully saturated rings. The number of hydrogen-bond donors (Lipinski definition) is 2. The lowest BCUT2D eigenvalue weighted by molar-refractivity contribution is 0.0597. The van der Waals surface area contributed by atoms with E-state index in [1.54, 1.807) is 13.8 Å². The van der Waals surface area contributed by atoms with Gasteiger partial charge in [0.15, 0.2) is 0 Å². The second-order valence-corrected chi connectivity index (χ2v) is 7.08. The molecule has 0 unspecified atom stereocenters. The highest BCUT2D eigenvalue weighted by molar-refractivity contribution is 7.89. The Morgan fingerprint density at radius 2 is 1.95 bits per heavy atom. The first kappa shape index (κ1) is 17.4. The van der Waals surface area contributed by atoms with E-state index < -0.39 is 21.5 Å². The summed E-state index contributed by atoms with van der Waals surface area (Å²) in [5.41, 5.74) is -1.25. The predicted octanol–water partition coefficient (Wildman–Crippen LogP) is 0.570. The molecule has 118 valence electrons. The summed E-state index contributed by atoms with van der Waals surface area (Å²) in [4.78, 5) is 11.3. The van der Waals surface area contributed by atoms with E-state index >= 15 is 0 Å². The van der Waals surface area contributed by atoms with Gasteiger partial charge in [0.2, 0.25) is 10.0 Å². The number of aliphatic hydroxyl groups excluding tert-OH is 1. The van der Waals surface area contributed by atoms with Gasteiger partial charge in [-0.1, -0.05) is 0 Å². The number of phenols is 1. The number of rotatable bonds is 5. The zero-order valence-electron chi connectivity index (χ0n) is 12.3. The number of phenolic OH excluding ortho intramolecular Hbond substituents is 1. The quantitative estimate of drug-likeness (QED) is 0.769. The second-order valence-electron chi connectivity index (χ2n) is 5.11. The number of aromatic hydroxyl groups is 1. The maximum Gasteiger partial charge on any atom is 0.341 e. The molecule has 7 nitrogen and oxygen atoms in total. The van der Waals surface area contributed by atoms with Gasteiger partial charge in [0.05, 0.1) is 24.2 Å². The number of sulfonamides is 1. The standard InChI is InChI=1S/C13H19NO6S/c1-13(2,8-15)14(3)21(18,19)9-5-6-11(16)10(7-9)12(17)20-4/h5-7,15-16H,8H2,1-4H3. The van der Waals surface area contributed by atoms with Crippen LogP contribution in [0.25, 0.3) is 0 Å². The first-order chi connectivity index (χ1) is 9.57. The fourth-order valence-corrected chi connectivity index (χ4v) is 3.06. The predicted molar refractivity (Wildman–Crippen MR) is 75.6 cm³/mol. The number of carbonyl (C=O) groups excluding carboxylic acids is 1. The van der Waals surface area contributed by atoms with Gasteiger partial charge in [-0.25, -0.2) is 13.2 Å². The first-order valence-electron chi connectivity index (χ1n) is 6.09. The van der Waals surface area contributed by atoms with Crippen molar-refractivity contribution in [3.8, 4) is 5.75 Å². The molecule has 1 aromatic carbocycles. The minimum atomic E-state index is -3.94. The Labute approximate surface area is 123 Å². The van der Waals surface area contributed by atoms with Crippen LogP contribution < -0.4 is 0 Å². The van der Waals surface area contributed by atoms with Crippen molar-refractivity contribution < 1.29 is 28.2 Å². The van der Waals surface area contributed by atoms with Gasteiger partial charge in [0, 0.05) is 7.05 Å². The third kappa shape index (κ3) is 3.34. The lowest BCUT2D eigenvalue weighted by Gasteiger charge is -2.32. The summed E-state index contributed by atoms with van der Waals surface area (Å²) in [5, 5.41) is 18.9. The van der Waals surface area contributed by atoms with Crippen LogP contribution in [0.3, 0.4) is 0 Å². The van der Waals surface area contributed by atoms with Crippen LogP contribution in [0.15, 0.2) is 23.1 Å². The number of hydrogen-bond acceptors (Lipinski definition) is 6. The first-order valence-corrected chi connectivity index (χ1v) is 7.53. The van der Waals surface area contributed by atoms with Crippen molar-refractivity contribution in [1.29, 1.82) is 0 Å². The molecule has 1 rings (SSSR count). The number of benzene rings is 1. The van der Waals surface area contributed by atoms with Crippen LogP contribution in [0.1, 0.15) is 24.2 Å². The molecule has 0 spiro atoms. The summed E-state index contributed by atoms with van der Waals surface area (Å²) in [6, 6.07) is 3.33. The number of carbonyl (C=O) groups is 1. The molecule has 0 bridgehead atoms. The van der Waals surface area contributed by atoms with Gasteiger partial charge < -0.3 is 14.9 Å². The van der Waals surface area contributed by atoms with Crippen LogP contribution in [-0.4, -0.2) is 55.2 Å². The van der Waals surface area contributed by atoms with E-state index in [0.717, 1.165) is 23.5 Å². The number of nitrogens with zero attached hydrogens (tertiary/aromatic N) is 1. The highest BCUT2D eigenvalue weighted by Gasteiger charge is 2.34. The third-order valence-corrected chi connectivity index (χ3v) is 5.34. The van der Waals surface area contributed by atoms with Crippen LogP contribution in [0.2, 0.25) is 0 Å². The van der Waals surface area contributed by atoms with Gasteiger partial charge in [-0.15, -0.1) is 0 Å². The monoisotopic (exact) mass is 317 g/mol. The maximum absolute atomic E-state index is 12.5. The molecule has 0 heterocycles. The van der Waals surface area contributed by atoms with Crippen LogP contribution in [0, 0.1) is 0 Å². The number of ether oxygens (including phenoxy) is 1. The largest absolute Gasteiger partial charge is 0.507 e. The van der Waals surface area contributed by atoms with Crippen LogP contribution in [0.5, 0.6) is 5.75 Å². The van der Waals surface area contributed by atoms with Crippen molar-refractivity contribution in [1.82, 2.24) is 4.31 Å². The fraction of sp³-hybridized carbons (Fsp3) is 0.462. The van der Waals surface area contributed by atoms with E-state index in [9.17, 15) is 23.4 Å². The topological polar surface area (TPSA) is 104 Å². The summed E-state index contributed by atoms with van der Waals surface area (Å²) in [7, 11) is -1.48. The summed E-state index contributed by atoms with van der Waals surface area (Å²) in [6.07, 6.45) is 0. The van der Waals surface area contributed by atoms with E-state index in [2.05, 4.69) is 4.74 Å². The molecule has 0 aromatic heterocycles. The molecule has 0 saturated heterocycles. The van der Waals surface area contributed by atoms with E-state index in [1.165, 1.54) is 13.1 Å². The highest BCUT2D eigenvalue weighted by Crippen LogP contribution is 2.27. The molecule has 21 heavy (non-hydrogen) atoms. The third-order valence-electron chi connectivity index (χ3n) is 3.27. The van der Waals surface area contributed by atoms with E-state index in [4.69, 9.17) is 0 Å². The van der Waals surface area contributed by atoms with Crippen LogP contribution in [0.4, 0.5) is 0 Å². The lowest BCUT2D eigenvalue weighted by Crippen LogP contribution is -2.47. The van der Waals surface area contributed by atoms with Crippen molar-refractivity contribution >= 4 is 16.0 Å². The van der Waals surface area contributed by atoms with Crippen molar-refractivity contribution in [2.75, 3.05) is 20.8 Å². The second kappa shape index (κ2) is 6.00. The summed E-state index contributed by atoms with van der Waals surface area (Å²) in [5.74, 6) is -1.21. The molecule has 0 saturated carbocycles. The van der Waals surface area contributed by atoms with Gasteiger partial charge in [-0.2, -0.15) is 4.31 Å². The Balaban J connectivity index is 3.37. The fourth-order valence-electron chi connectivity index (χ4n) is 1.53. The van der Waals surface area contributed by atoms with E-state index in [1.807, 2.05) is 0 Å². The van der Waals surface area contributed by atoms with Gasteiger partial charge >= 0.3 is 5.97 Å². The Morgan fingerprint density at radius 1 is 1.38 bits per heavy atom. The molecule has 8 heteroatoms. The molecule has 0 amide bonds. The molecule has 0 aliphatic carbocycles. The average Bonchev–Trinajstić information content (AvgIpc) is 2.45. The normalized spacial score (nSPS) is 12.5. The van der Waals surface area contributed by atoms with Crippen molar-refractivity contribution in [2.24, 2.45) is 0 Å². The Hall–Kier alpha value is -1.64. The zero-order chi connectivity index (χ0) is 16.4. The van der Waals surface area contributed by atoms with Crippen molar-refractivity contribution in [2.45, 2.75) is 24.3 Å². The van der Waals surface area contributed by atoms with E-state index in [-0.39, 0.29) is 22.8 Å². The number of esters is 1. The van der Waals surface area contributed by atoms with Gasteiger partial charge in [0.25, 0.3) is 0 Å². The maximum atomic E-state index is 12.5. The number of likely N-dealkylation sites (N-methyl/N-ethyl adjacent to an activating group) is 1. The molecular weight excluding hydrogens is 298 g/mol. The molecule has 0 radical (unpaired) electrons. The van der Waals surface area contributed by atoms with Gasteiger partial charge in [-0.05, 0) is 32.0 Å². The summed E-state index contributed by atoms with van der Waals surface area (Å²) in [6.45, 7) is 2.75. The molecule has 0 atom stereocenters. The van der Waals surface area contributed by atoms with Crippen LogP contribution in [-0.2, 0) is 14.8 Å². The van der Waals surface area contributed by atoms with Crippen molar-refractivity contribution in [3.63, 3.8) is 0 Å². The molecule has 0 aliphatic rings.